The first kappa shape index (κ1) is 16.1. The topological polar surface area (TPSA) is 84.2 Å². The second kappa shape index (κ2) is 11.5. The Morgan fingerprint density at radius 3 is 2.41 bits per heavy atom. The van der Waals surface area contributed by atoms with E-state index in [9.17, 15) is 9.59 Å². The Balaban J connectivity index is 3.12. The second-order valence-electron chi connectivity index (χ2n) is 4.15. The number of nitrogens with two attached hydrogens (primary N) is 1. The van der Waals surface area contributed by atoms with Crippen molar-refractivity contribution < 1.29 is 9.59 Å². The Labute approximate surface area is 104 Å². The molecular weight excluding hydrogens is 218 g/mol. The molecule has 0 radical (unpaired) electrons. The van der Waals surface area contributed by atoms with Crippen LogP contribution in [-0.2, 0) is 9.59 Å². The highest BCUT2D eigenvalue weighted by Crippen LogP contribution is 1.99. The summed E-state index contributed by atoms with van der Waals surface area (Å²) in [5.41, 5.74) is 5.27. The molecule has 0 atom stereocenters. The first-order valence-electron chi connectivity index (χ1n) is 6.33. The minimum Gasteiger partial charge on any atom is -0.355 e. The molecule has 0 aliphatic carbocycles. The first-order valence-corrected chi connectivity index (χ1v) is 6.33. The highest BCUT2D eigenvalue weighted by atomic mass is 16.1. The fourth-order valence-electron chi connectivity index (χ4n) is 1.43. The number of rotatable bonds is 11. The lowest BCUT2D eigenvalue weighted by Crippen LogP contribution is -2.31. The van der Waals surface area contributed by atoms with Gasteiger partial charge in [-0.1, -0.05) is 6.42 Å². The van der Waals surface area contributed by atoms with Crippen LogP contribution in [0.1, 0.15) is 39.0 Å². The Kier molecular flexibility index (Phi) is 10.9. The van der Waals surface area contributed by atoms with Gasteiger partial charge < -0.3 is 21.2 Å². The van der Waals surface area contributed by atoms with Crippen molar-refractivity contribution in [2.75, 3.05) is 26.2 Å². The number of nitrogens with one attached hydrogen (secondary N) is 2. The number of carbonyl (C=O) groups excluding carboxylic acids is 2. The summed E-state index contributed by atoms with van der Waals surface area (Å²) in [6.07, 6.45) is 4.26. The van der Waals surface area contributed by atoms with Gasteiger partial charge in [0.15, 0.2) is 0 Å². The number of unbranched alkanes of at least 4 members (excludes halogenated alkanes) is 2. The van der Waals surface area contributed by atoms with E-state index >= 15 is 0 Å². The molecule has 0 aliphatic rings. The molecule has 1 amide bonds. The van der Waals surface area contributed by atoms with E-state index in [1.54, 1.807) is 6.92 Å². The van der Waals surface area contributed by atoms with E-state index < -0.39 is 0 Å². The zero-order chi connectivity index (χ0) is 12.9. The van der Waals surface area contributed by atoms with Crippen LogP contribution >= 0.6 is 0 Å². The Morgan fingerprint density at radius 2 is 1.76 bits per heavy atom. The van der Waals surface area contributed by atoms with Crippen LogP contribution in [0, 0.1) is 0 Å². The molecule has 17 heavy (non-hydrogen) atoms. The smallest absolute Gasteiger partial charge is 0.221 e. The Morgan fingerprint density at radius 1 is 1.00 bits per heavy atom. The molecule has 100 valence electrons. The van der Waals surface area contributed by atoms with Crippen LogP contribution in [0.3, 0.4) is 0 Å². The number of carbonyl (C=O) groups is 2. The van der Waals surface area contributed by atoms with Gasteiger partial charge in [-0.15, -0.1) is 0 Å². The summed E-state index contributed by atoms with van der Waals surface area (Å²) in [4.78, 5) is 21.8. The number of amides is 1. The molecule has 0 aromatic carbocycles. The summed E-state index contributed by atoms with van der Waals surface area (Å²) in [5, 5.41) is 5.92. The molecule has 4 N–H and O–H groups in total. The zero-order valence-corrected chi connectivity index (χ0v) is 10.8. The fourth-order valence-corrected chi connectivity index (χ4v) is 1.43. The van der Waals surface area contributed by atoms with Crippen LogP contribution in [0.5, 0.6) is 0 Å². The molecule has 0 aromatic rings. The third-order valence-electron chi connectivity index (χ3n) is 2.38. The molecule has 0 unspecified atom stereocenters. The van der Waals surface area contributed by atoms with Crippen LogP contribution in [0.2, 0.25) is 0 Å². The highest BCUT2D eigenvalue weighted by Gasteiger charge is 1.98. The van der Waals surface area contributed by atoms with Crippen molar-refractivity contribution in [2.24, 2.45) is 5.73 Å². The number of hydrogen-bond donors (Lipinski definition) is 3. The molecule has 0 saturated carbocycles. The molecule has 0 spiro atoms. The van der Waals surface area contributed by atoms with E-state index in [0.29, 0.717) is 32.5 Å². The second-order valence-corrected chi connectivity index (χ2v) is 4.15. The molecule has 0 saturated heterocycles. The van der Waals surface area contributed by atoms with E-state index in [-0.39, 0.29) is 11.7 Å². The third-order valence-corrected chi connectivity index (χ3v) is 2.38. The molecular formula is C12H25N3O2. The van der Waals surface area contributed by atoms with Gasteiger partial charge in [0.25, 0.3) is 0 Å². The molecule has 0 aromatic heterocycles. The lowest BCUT2D eigenvalue weighted by Gasteiger charge is -2.05. The van der Waals surface area contributed by atoms with Crippen LogP contribution < -0.4 is 16.4 Å². The van der Waals surface area contributed by atoms with Crippen molar-refractivity contribution in [3.8, 4) is 0 Å². The lowest BCUT2D eigenvalue weighted by atomic mass is 10.1. The van der Waals surface area contributed by atoms with Crippen molar-refractivity contribution in [3.63, 3.8) is 0 Å². The fraction of sp³-hybridized carbons (Fsp3) is 0.833. The lowest BCUT2D eigenvalue weighted by molar-refractivity contribution is -0.121. The average molecular weight is 243 g/mol. The summed E-state index contributed by atoms with van der Waals surface area (Å²) in [6.45, 7) is 4.25. The van der Waals surface area contributed by atoms with Gasteiger partial charge >= 0.3 is 0 Å². The van der Waals surface area contributed by atoms with Crippen molar-refractivity contribution in [1.29, 1.82) is 0 Å². The molecule has 5 heteroatoms. The van der Waals surface area contributed by atoms with Crippen molar-refractivity contribution in [2.45, 2.75) is 39.0 Å². The van der Waals surface area contributed by atoms with Gasteiger partial charge in [-0.2, -0.15) is 0 Å². The van der Waals surface area contributed by atoms with E-state index in [4.69, 9.17) is 5.73 Å². The monoisotopic (exact) mass is 243 g/mol. The Bertz CT molecular complexity index is 220. The van der Waals surface area contributed by atoms with E-state index in [2.05, 4.69) is 10.6 Å². The summed E-state index contributed by atoms with van der Waals surface area (Å²) in [5.74, 6) is 0.300. The normalized spacial score (nSPS) is 10.2. The minimum atomic E-state index is 0.0412. The SMILES string of the molecule is CC(=O)CCCCCNCCC(=O)NCCN. The molecule has 0 rings (SSSR count). The van der Waals surface area contributed by atoms with Gasteiger partial charge in [0.2, 0.25) is 5.91 Å². The first-order chi connectivity index (χ1) is 8.16. The Hall–Kier alpha value is -0.940. The largest absolute Gasteiger partial charge is 0.355 e. The zero-order valence-electron chi connectivity index (χ0n) is 10.8. The summed E-state index contributed by atoms with van der Waals surface area (Å²) in [7, 11) is 0. The number of hydrogen-bond acceptors (Lipinski definition) is 4. The molecule has 5 nitrogen and oxygen atoms in total. The number of Topliss-reactive ketones (excluding diaryl/α,β-unsaturated/α-hetero) is 1. The molecule has 0 aliphatic heterocycles. The maximum absolute atomic E-state index is 11.2. The summed E-state index contributed by atoms with van der Waals surface area (Å²) >= 11 is 0. The van der Waals surface area contributed by atoms with Gasteiger partial charge in [0.1, 0.15) is 5.78 Å². The average Bonchev–Trinajstić information content (AvgIpc) is 2.29. The maximum Gasteiger partial charge on any atom is 0.221 e. The molecule has 0 fully saturated rings. The van der Waals surface area contributed by atoms with Crippen molar-refractivity contribution in [1.82, 2.24) is 10.6 Å². The standard InChI is InChI=1S/C12H25N3O2/c1-11(16)5-3-2-4-8-14-9-6-12(17)15-10-7-13/h14H,2-10,13H2,1H3,(H,15,17). The van der Waals surface area contributed by atoms with E-state index in [0.717, 1.165) is 25.8 Å². The quantitative estimate of drug-likeness (QED) is 0.452. The van der Waals surface area contributed by atoms with E-state index in [1.165, 1.54) is 0 Å². The number of ketones is 1. The van der Waals surface area contributed by atoms with Crippen LogP contribution in [0.4, 0.5) is 0 Å². The predicted octanol–water partition coefficient (Wildman–Crippen LogP) is 0.190. The van der Waals surface area contributed by atoms with Crippen molar-refractivity contribution >= 4 is 11.7 Å². The predicted molar refractivity (Wildman–Crippen MR) is 68.7 cm³/mol. The van der Waals surface area contributed by atoms with Gasteiger partial charge in [-0.25, -0.2) is 0 Å². The third kappa shape index (κ3) is 13.0. The minimum absolute atomic E-state index is 0.0412. The summed E-state index contributed by atoms with van der Waals surface area (Å²) < 4.78 is 0. The van der Waals surface area contributed by atoms with Crippen LogP contribution in [0.25, 0.3) is 0 Å². The molecule has 0 bridgehead atoms. The van der Waals surface area contributed by atoms with Gasteiger partial charge in [-0.05, 0) is 26.3 Å². The summed E-state index contributed by atoms with van der Waals surface area (Å²) in [6, 6.07) is 0. The molecule has 0 heterocycles. The van der Waals surface area contributed by atoms with Gasteiger partial charge in [0.05, 0.1) is 0 Å². The highest BCUT2D eigenvalue weighted by molar-refractivity contribution is 5.76. The maximum atomic E-state index is 11.2. The van der Waals surface area contributed by atoms with Gasteiger partial charge in [0, 0.05) is 32.5 Å². The van der Waals surface area contributed by atoms with Crippen molar-refractivity contribution in [3.05, 3.63) is 0 Å². The van der Waals surface area contributed by atoms with Crippen LogP contribution in [-0.4, -0.2) is 37.9 Å². The van der Waals surface area contributed by atoms with Gasteiger partial charge in [-0.3, -0.25) is 4.79 Å². The van der Waals surface area contributed by atoms with E-state index in [1.807, 2.05) is 0 Å². The van der Waals surface area contributed by atoms with Crippen LogP contribution in [0.15, 0.2) is 0 Å².